The zero-order valence-corrected chi connectivity index (χ0v) is 18.1. The molecule has 4 aliphatic rings. The Bertz CT molecular complexity index is 711. The van der Waals surface area contributed by atoms with Crippen molar-refractivity contribution in [2.24, 2.45) is 40.2 Å². The first-order valence-electron chi connectivity index (χ1n) is 11.1. The zero-order chi connectivity index (χ0) is 20.9. The molecule has 0 spiro atoms. The van der Waals surface area contributed by atoms with Gasteiger partial charge in [-0.15, -0.1) is 0 Å². The van der Waals surface area contributed by atoms with Crippen LogP contribution in [-0.4, -0.2) is 28.8 Å². The van der Waals surface area contributed by atoms with Crippen molar-refractivity contribution in [1.82, 2.24) is 0 Å². The van der Waals surface area contributed by atoms with E-state index in [2.05, 4.69) is 13.8 Å². The van der Waals surface area contributed by atoms with E-state index in [4.69, 9.17) is 5.73 Å². The molecule has 4 nitrogen and oxygen atoms in total. The maximum absolute atomic E-state index is 12.7. The third-order valence-corrected chi connectivity index (χ3v) is 8.29. The number of hydrogen-bond donors (Lipinski definition) is 2. The number of rotatable bonds is 2. The molecule has 0 bridgehead atoms. The number of allylic oxidation sites excluding steroid dienone is 4. The normalized spacial score (nSPS) is 46.5. The number of aliphatic hydroxyl groups is 1. The van der Waals surface area contributed by atoms with Crippen LogP contribution in [0.4, 0.5) is 0 Å². The Morgan fingerprint density at radius 2 is 2.00 bits per heavy atom. The van der Waals surface area contributed by atoms with Gasteiger partial charge < -0.3 is 10.8 Å². The van der Waals surface area contributed by atoms with Crippen molar-refractivity contribution >= 4 is 11.6 Å². The van der Waals surface area contributed by atoms with Gasteiger partial charge in [0.1, 0.15) is 5.78 Å². The lowest BCUT2D eigenvalue weighted by Gasteiger charge is -2.58. The van der Waals surface area contributed by atoms with Crippen LogP contribution in [-0.2, 0) is 9.59 Å². The van der Waals surface area contributed by atoms with Crippen molar-refractivity contribution in [2.75, 3.05) is 0 Å². The summed E-state index contributed by atoms with van der Waals surface area (Å²) in [6.45, 7) is 10.3. The van der Waals surface area contributed by atoms with Crippen molar-refractivity contribution in [2.45, 2.75) is 78.9 Å². The second-order valence-electron chi connectivity index (χ2n) is 9.50. The van der Waals surface area contributed by atoms with Gasteiger partial charge in [-0.2, -0.15) is 0 Å². The van der Waals surface area contributed by atoms with Crippen LogP contribution in [0.2, 0.25) is 0 Å². The number of aliphatic hydroxyl groups excluding tert-OH is 1. The molecule has 0 radical (unpaired) electrons. The molecule has 4 aliphatic carbocycles. The summed E-state index contributed by atoms with van der Waals surface area (Å²) in [4.78, 5) is 24.5. The van der Waals surface area contributed by atoms with Crippen LogP contribution in [0, 0.1) is 34.5 Å². The minimum Gasteiger partial charge on any atom is -0.393 e. The molecule has 5 unspecified atom stereocenters. The van der Waals surface area contributed by atoms with Gasteiger partial charge in [0.05, 0.1) is 6.10 Å². The molecule has 4 heteroatoms. The summed E-state index contributed by atoms with van der Waals surface area (Å²) in [5, 5.41) is 11.2. The van der Waals surface area contributed by atoms with Gasteiger partial charge >= 0.3 is 0 Å². The van der Waals surface area contributed by atoms with Crippen LogP contribution in [0.5, 0.6) is 0 Å². The fourth-order valence-electron chi connectivity index (χ4n) is 7.25. The van der Waals surface area contributed by atoms with E-state index in [1.54, 1.807) is 12.2 Å². The molecule has 8 atom stereocenters. The standard InChI is InChI=1S/C22H31NO3.C2H6/c1-4-17(25)20-16(23)10-15-14-6-5-12-9-13(24)7-8-21(12,2)19(14)18(26)11-22(15,20)3;1-2/h7-9,14-16,18-20,26H,4-6,10-11,23H2,1-3H3;1-2H3/t14?,15?,16-,18-,19?,20?,21?,22-;/m0./s1. The average molecular weight is 388 g/mol. The van der Waals surface area contributed by atoms with Gasteiger partial charge in [0, 0.05) is 29.7 Å². The third-order valence-electron chi connectivity index (χ3n) is 8.29. The van der Waals surface area contributed by atoms with E-state index in [1.807, 2.05) is 26.8 Å². The van der Waals surface area contributed by atoms with Gasteiger partial charge in [-0.25, -0.2) is 0 Å². The van der Waals surface area contributed by atoms with Crippen molar-refractivity contribution in [1.29, 1.82) is 0 Å². The molecule has 0 saturated heterocycles. The highest BCUT2D eigenvalue weighted by Crippen LogP contribution is 2.65. The molecule has 3 fully saturated rings. The second-order valence-corrected chi connectivity index (χ2v) is 9.50. The van der Waals surface area contributed by atoms with Crippen LogP contribution >= 0.6 is 0 Å². The van der Waals surface area contributed by atoms with E-state index >= 15 is 0 Å². The SMILES string of the molecule is CC.CCC(=O)C1[C@@H](N)CC2C3CCC4=CC(=O)C=CC4(C)C3[C@@H](O)C[C@@]21C. The van der Waals surface area contributed by atoms with E-state index in [0.29, 0.717) is 24.7 Å². The number of fused-ring (bicyclic) bond motifs is 5. The Hall–Kier alpha value is -1.26. The molecule has 0 aliphatic heterocycles. The molecular formula is C24H37NO3. The summed E-state index contributed by atoms with van der Waals surface area (Å²) in [6, 6.07) is -0.100. The van der Waals surface area contributed by atoms with Crippen LogP contribution in [0.3, 0.4) is 0 Å². The molecule has 156 valence electrons. The summed E-state index contributed by atoms with van der Waals surface area (Å²) >= 11 is 0. The molecule has 0 amide bonds. The lowest BCUT2D eigenvalue weighted by Crippen LogP contribution is -2.56. The maximum Gasteiger partial charge on any atom is 0.178 e. The number of ketones is 2. The summed E-state index contributed by atoms with van der Waals surface area (Å²) in [7, 11) is 0. The van der Waals surface area contributed by atoms with Crippen molar-refractivity contribution in [3.8, 4) is 0 Å². The maximum atomic E-state index is 12.7. The first-order valence-corrected chi connectivity index (χ1v) is 11.1. The van der Waals surface area contributed by atoms with Gasteiger partial charge in [-0.1, -0.05) is 46.3 Å². The number of carbonyl (C=O) groups is 2. The largest absolute Gasteiger partial charge is 0.393 e. The molecule has 0 aromatic carbocycles. The summed E-state index contributed by atoms with van der Waals surface area (Å²) in [6.07, 6.45) is 8.89. The van der Waals surface area contributed by atoms with Gasteiger partial charge in [0.2, 0.25) is 0 Å². The Morgan fingerprint density at radius 3 is 2.64 bits per heavy atom. The Labute approximate surface area is 169 Å². The minimum atomic E-state index is -0.467. The van der Waals surface area contributed by atoms with Crippen molar-refractivity contribution in [3.05, 3.63) is 23.8 Å². The van der Waals surface area contributed by atoms with Gasteiger partial charge in [0.25, 0.3) is 0 Å². The van der Waals surface area contributed by atoms with Gasteiger partial charge in [0.15, 0.2) is 5.78 Å². The molecule has 4 rings (SSSR count). The number of nitrogens with two attached hydrogens (primary N) is 1. The molecule has 0 aromatic rings. The Kier molecular flexibility index (Phi) is 5.77. The van der Waals surface area contributed by atoms with Crippen LogP contribution in [0.1, 0.15) is 66.7 Å². The molecular weight excluding hydrogens is 350 g/mol. The van der Waals surface area contributed by atoms with E-state index in [-0.39, 0.29) is 40.3 Å². The van der Waals surface area contributed by atoms with Gasteiger partial charge in [-0.05, 0) is 55.1 Å². The summed E-state index contributed by atoms with van der Waals surface area (Å²) < 4.78 is 0. The minimum absolute atomic E-state index is 0.0579. The van der Waals surface area contributed by atoms with E-state index in [0.717, 1.165) is 24.8 Å². The van der Waals surface area contributed by atoms with Gasteiger partial charge in [-0.3, -0.25) is 9.59 Å². The van der Waals surface area contributed by atoms with Crippen LogP contribution in [0.25, 0.3) is 0 Å². The molecule has 3 N–H and O–H groups in total. The summed E-state index contributed by atoms with van der Waals surface area (Å²) in [5.74, 6) is 0.996. The first kappa shape index (κ1) is 21.4. The summed E-state index contributed by atoms with van der Waals surface area (Å²) in [5.41, 5.74) is 7.18. The molecule has 0 aromatic heterocycles. The highest BCUT2D eigenvalue weighted by atomic mass is 16.3. The predicted octanol–water partition coefficient (Wildman–Crippen LogP) is 3.82. The van der Waals surface area contributed by atoms with Crippen molar-refractivity contribution in [3.63, 3.8) is 0 Å². The Balaban J connectivity index is 0.00000109. The first-order chi connectivity index (χ1) is 13.2. The monoisotopic (exact) mass is 387 g/mol. The van der Waals surface area contributed by atoms with E-state index in [1.165, 1.54) is 0 Å². The van der Waals surface area contributed by atoms with Crippen LogP contribution < -0.4 is 5.73 Å². The van der Waals surface area contributed by atoms with E-state index < -0.39 is 6.10 Å². The number of Topliss-reactive ketones (excluding diaryl/α,β-unsaturated/α-hetero) is 1. The number of carbonyl (C=O) groups excluding carboxylic acids is 2. The average Bonchev–Trinajstić information content (AvgIpc) is 2.93. The van der Waals surface area contributed by atoms with Crippen molar-refractivity contribution < 1.29 is 14.7 Å². The molecule has 0 heterocycles. The fraction of sp³-hybridized carbons (Fsp3) is 0.750. The van der Waals surface area contributed by atoms with Crippen LogP contribution in [0.15, 0.2) is 23.8 Å². The number of hydrogen-bond acceptors (Lipinski definition) is 4. The lowest BCUT2D eigenvalue weighted by atomic mass is 9.46. The zero-order valence-electron chi connectivity index (χ0n) is 18.1. The smallest absolute Gasteiger partial charge is 0.178 e. The highest BCUT2D eigenvalue weighted by Gasteiger charge is 2.64. The molecule has 28 heavy (non-hydrogen) atoms. The van der Waals surface area contributed by atoms with E-state index in [9.17, 15) is 14.7 Å². The molecule has 3 saturated carbocycles. The predicted molar refractivity (Wildman–Crippen MR) is 112 cm³/mol. The fourth-order valence-corrected chi connectivity index (χ4v) is 7.25. The second kappa shape index (κ2) is 7.53. The quantitative estimate of drug-likeness (QED) is 0.755. The highest BCUT2D eigenvalue weighted by molar-refractivity contribution is 6.01. The topological polar surface area (TPSA) is 80.4 Å². The lowest BCUT2D eigenvalue weighted by molar-refractivity contribution is -0.139. The Morgan fingerprint density at radius 1 is 1.32 bits per heavy atom. The third kappa shape index (κ3) is 2.95.